The maximum absolute atomic E-state index is 5.97. The average molecular weight is 350 g/mol. The second-order valence-electron chi connectivity index (χ2n) is 4.65. The zero-order chi connectivity index (χ0) is 13.9. The van der Waals surface area contributed by atoms with E-state index in [4.69, 9.17) is 11.6 Å². The van der Waals surface area contributed by atoms with Crippen LogP contribution in [0.1, 0.15) is 0 Å². The third kappa shape index (κ3) is 3.00. The molecule has 1 heterocycles. The van der Waals surface area contributed by atoms with Gasteiger partial charge in [0.25, 0.3) is 0 Å². The van der Waals surface area contributed by atoms with Crippen LogP contribution in [0.15, 0.2) is 59.2 Å². The van der Waals surface area contributed by atoms with Crippen LogP contribution in [0.2, 0.25) is 5.02 Å². The lowest BCUT2D eigenvalue weighted by Crippen LogP contribution is -2.09. The van der Waals surface area contributed by atoms with Crippen molar-refractivity contribution >= 4 is 44.1 Å². The highest BCUT2D eigenvalue weighted by molar-refractivity contribution is 9.10. The molecule has 0 unspecified atom stereocenters. The van der Waals surface area contributed by atoms with Crippen molar-refractivity contribution in [2.24, 2.45) is 0 Å². The number of fused-ring (bicyclic) bond motifs is 1. The summed E-state index contributed by atoms with van der Waals surface area (Å²) in [7, 11) is 0. The molecular weight excluding hydrogens is 336 g/mol. The molecule has 20 heavy (non-hydrogen) atoms. The first kappa shape index (κ1) is 13.5. The van der Waals surface area contributed by atoms with Gasteiger partial charge in [-0.1, -0.05) is 39.7 Å². The summed E-state index contributed by atoms with van der Waals surface area (Å²) in [4.78, 5) is 0. The molecule has 0 atom stereocenters. The minimum atomic E-state index is 0.755. The van der Waals surface area contributed by atoms with Gasteiger partial charge in [-0.2, -0.15) is 0 Å². The van der Waals surface area contributed by atoms with E-state index in [-0.39, 0.29) is 0 Å². The third-order valence-corrected chi connectivity index (χ3v) is 3.97. The van der Waals surface area contributed by atoms with Gasteiger partial charge in [0, 0.05) is 40.0 Å². The van der Waals surface area contributed by atoms with Gasteiger partial charge in [-0.25, -0.2) is 0 Å². The zero-order valence-corrected chi connectivity index (χ0v) is 13.2. The Kier molecular flexibility index (Phi) is 3.99. The summed E-state index contributed by atoms with van der Waals surface area (Å²) in [5.74, 6) is 0. The molecule has 0 saturated heterocycles. The smallest absolute Gasteiger partial charge is 0.0492 e. The Morgan fingerprint density at radius 2 is 2.00 bits per heavy atom. The van der Waals surface area contributed by atoms with Crippen LogP contribution in [0, 0.1) is 0 Å². The summed E-state index contributed by atoms with van der Waals surface area (Å²) in [6, 6.07) is 16.3. The fraction of sp³-hybridized carbons (Fsp3) is 0.125. The number of rotatable bonds is 4. The van der Waals surface area contributed by atoms with Crippen LogP contribution >= 0.6 is 27.5 Å². The van der Waals surface area contributed by atoms with Crippen LogP contribution in [-0.2, 0) is 6.54 Å². The standard InChI is InChI=1S/C16H14BrClN2/c17-13-5-4-12-6-8-20(16(12)10-13)9-7-19-15-3-1-2-14(18)11-15/h1-6,8,10-11,19H,7,9H2. The minimum Gasteiger partial charge on any atom is -0.383 e. The lowest BCUT2D eigenvalue weighted by Gasteiger charge is -2.09. The molecule has 0 amide bonds. The topological polar surface area (TPSA) is 17.0 Å². The van der Waals surface area contributed by atoms with Gasteiger partial charge in [0.15, 0.2) is 0 Å². The first-order chi connectivity index (χ1) is 9.72. The quantitative estimate of drug-likeness (QED) is 0.687. The lowest BCUT2D eigenvalue weighted by atomic mass is 10.2. The number of nitrogens with one attached hydrogen (secondary N) is 1. The number of benzene rings is 2. The Bertz CT molecular complexity index is 736. The van der Waals surface area contributed by atoms with Gasteiger partial charge >= 0.3 is 0 Å². The van der Waals surface area contributed by atoms with Gasteiger partial charge in [-0.05, 0) is 41.8 Å². The van der Waals surface area contributed by atoms with Crippen LogP contribution < -0.4 is 5.32 Å². The molecule has 2 nitrogen and oxygen atoms in total. The summed E-state index contributed by atoms with van der Waals surface area (Å²) in [5, 5.41) is 5.40. The molecule has 3 rings (SSSR count). The highest BCUT2D eigenvalue weighted by Crippen LogP contribution is 2.21. The van der Waals surface area contributed by atoms with E-state index in [1.54, 1.807) is 0 Å². The van der Waals surface area contributed by atoms with E-state index in [2.05, 4.69) is 56.3 Å². The van der Waals surface area contributed by atoms with Gasteiger partial charge in [-0.3, -0.25) is 0 Å². The molecule has 4 heteroatoms. The first-order valence-corrected chi connectivity index (χ1v) is 7.63. The zero-order valence-electron chi connectivity index (χ0n) is 10.8. The lowest BCUT2D eigenvalue weighted by molar-refractivity contribution is 0.757. The Labute approximate surface area is 131 Å². The molecule has 0 aliphatic heterocycles. The van der Waals surface area contributed by atoms with Gasteiger partial charge < -0.3 is 9.88 Å². The van der Waals surface area contributed by atoms with Crippen molar-refractivity contribution in [3.05, 3.63) is 64.2 Å². The predicted molar refractivity (Wildman–Crippen MR) is 89.6 cm³/mol. The monoisotopic (exact) mass is 348 g/mol. The summed E-state index contributed by atoms with van der Waals surface area (Å²) in [5.41, 5.74) is 2.29. The van der Waals surface area contributed by atoms with Gasteiger partial charge in [-0.15, -0.1) is 0 Å². The van der Waals surface area contributed by atoms with E-state index in [1.165, 1.54) is 10.9 Å². The molecule has 0 bridgehead atoms. The summed E-state index contributed by atoms with van der Waals surface area (Å²) in [6.07, 6.45) is 2.12. The van der Waals surface area contributed by atoms with Gasteiger partial charge in [0.05, 0.1) is 0 Å². The molecule has 2 aromatic carbocycles. The highest BCUT2D eigenvalue weighted by atomic mass is 79.9. The van der Waals surface area contributed by atoms with Gasteiger partial charge in [0.1, 0.15) is 0 Å². The minimum absolute atomic E-state index is 0.755. The fourth-order valence-electron chi connectivity index (χ4n) is 2.27. The SMILES string of the molecule is Clc1cccc(NCCn2ccc3ccc(Br)cc32)c1. The van der Waals surface area contributed by atoms with Crippen molar-refractivity contribution < 1.29 is 0 Å². The molecule has 0 aliphatic rings. The van der Waals surface area contributed by atoms with Crippen molar-refractivity contribution in [3.63, 3.8) is 0 Å². The number of hydrogen-bond acceptors (Lipinski definition) is 1. The van der Waals surface area contributed by atoms with Crippen LogP contribution in [0.3, 0.4) is 0 Å². The Morgan fingerprint density at radius 1 is 1.10 bits per heavy atom. The van der Waals surface area contributed by atoms with Crippen molar-refractivity contribution in [1.82, 2.24) is 4.57 Å². The number of aromatic nitrogens is 1. The molecule has 3 aromatic rings. The van der Waals surface area contributed by atoms with E-state index in [9.17, 15) is 0 Å². The van der Waals surface area contributed by atoms with Crippen LogP contribution in [-0.4, -0.2) is 11.1 Å². The number of nitrogens with zero attached hydrogens (tertiary/aromatic N) is 1. The second kappa shape index (κ2) is 5.90. The van der Waals surface area contributed by atoms with Crippen LogP contribution in [0.4, 0.5) is 5.69 Å². The van der Waals surface area contributed by atoms with E-state index in [0.29, 0.717) is 0 Å². The Balaban J connectivity index is 1.69. The van der Waals surface area contributed by atoms with E-state index in [0.717, 1.165) is 28.3 Å². The Morgan fingerprint density at radius 3 is 2.85 bits per heavy atom. The molecular formula is C16H14BrClN2. The number of halogens is 2. The fourth-order valence-corrected chi connectivity index (χ4v) is 2.81. The molecule has 102 valence electrons. The van der Waals surface area contributed by atoms with E-state index >= 15 is 0 Å². The van der Waals surface area contributed by atoms with E-state index in [1.807, 2.05) is 24.3 Å². The summed E-state index contributed by atoms with van der Waals surface area (Å²) in [6.45, 7) is 1.77. The molecule has 0 saturated carbocycles. The summed E-state index contributed by atoms with van der Waals surface area (Å²) >= 11 is 9.49. The number of anilines is 1. The normalized spacial score (nSPS) is 10.9. The van der Waals surface area contributed by atoms with Crippen molar-refractivity contribution in [1.29, 1.82) is 0 Å². The molecule has 1 N–H and O–H groups in total. The number of hydrogen-bond donors (Lipinski definition) is 1. The summed E-state index contributed by atoms with van der Waals surface area (Å²) < 4.78 is 3.35. The first-order valence-electron chi connectivity index (χ1n) is 6.46. The van der Waals surface area contributed by atoms with Crippen LogP contribution in [0.25, 0.3) is 10.9 Å². The maximum Gasteiger partial charge on any atom is 0.0492 e. The third-order valence-electron chi connectivity index (χ3n) is 3.24. The van der Waals surface area contributed by atoms with Gasteiger partial charge in [0.2, 0.25) is 0 Å². The molecule has 0 radical (unpaired) electrons. The van der Waals surface area contributed by atoms with Crippen molar-refractivity contribution in [2.45, 2.75) is 6.54 Å². The molecule has 0 aliphatic carbocycles. The molecule has 0 fully saturated rings. The maximum atomic E-state index is 5.97. The van der Waals surface area contributed by atoms with Crippen molar-refractivity contribution in [2.75, 3.05) is 11.9 Å². The molecule has 1 aromatic heterocycles. The second-order valence-corrected chi connectivity index (χ2v) is 6.00. The van der Waals surface area contributed by atoms with Crippen LogP contribution in [0.5, 0.6) is 0 Å². The van der Waals surface area contributed by atoms with Crippen molar-refractivity contribution in [3.8, 4) is 0 Å². The van der Waals surface area contributed by atoms with E-state index < -0.39 is 0 Å². The Hall–Kier alpha value is -1.45. The largest absolute Gasteiger partial charge is 0.383 e. The molecule has 0 spiro atoms. The average Bonchev–Trinajstić information content (AvgIpc) is 2.82. The predicted octanol–water partition coefficient (Wildman–Crippen LogP) is 5.17. The highest BCUT2D eigenvalue weighted by Gasteiger charge is 2.01.